The number of thioether (sulfide) groups is 1. The van der Waals surface area contributed by atoms with Gasteiger partial charge in [0.25, 0.3) is 5.56 Å². The Morgan fingerprint density at radius 3 is 2.78 bits per heavy atom. The first kappa shape index (κ1) is 20.1. The van der Waals surface area contributed by atoms with E-state index in [4.69, 9.17) is 4.74 Å². The summed E-state index contributed by atoms with van der Waals surface area (Å²) in [7, 11) is 1.64. The number of para-hydroxylation sites is 2. The van der Waals surface area contributed by atoms with Crippen molar-refractivity contribution in [3.63, 3.8) is 0 Å². The molecule has 0 aliphatic rings. The van der Waals surface area contributed by atoms with Crippen LogP contribution in [0, 0.1) is 6.92 Å². The Bertz CT molecular complexity index is 1560. The number of carbonyl (C=O) groups excluding carboxylic acids is 1. The molecule has 10 heteroatoms. The highest BCUT2D eigenvalue weighted by molar-refractivity contribution is 7.99. The van der Waals surface area contributed by atoms with Crippen LogP contribution in [0.25, 0.3) is 27.7 Å². The third kappa shape index (κ3) is 3.58. The predicted octanol–water partition coefficient (Wildman–Crippen LogP) is 2.67. The van der Waals surface area contributed by atoms with E-state index in [0.717, 1.165) is 16.6 Å². The van der Waals surface area contributed by atoms with Crippen molar-refractivity contribution in [1.82, 2.24) is 29.1 Å². The molecule has 0 amide bonds. The lowest BCUT2D eigenvalue weighted by atomic mass is 10.1. The molecule has 32 heavy (non-hydrogen) atoms. The van der Waals surface area contributed by atoms with Crippen LogP contribution in [-0.2, 0) is 23.2 Å². The van der Waals surface area contributed by atoms with Crippen molar-refractivity contribution in [3.8, 4) is 0 Å². The summed E-state index contributed by atoms with van der Waals surface area (Å²) in [5.74, 6) is 0.500. The monoisotopic (exact) mass is 446 g/mol. The van der Waals surface area contributed by atoms with Gasteiger partial charge in [-0.2, -0.15) is 0 Å². The average Bonchev–Trinajstić information content (AvgIpc) is 3.24. The van der Waals surface area contributed by atoms with Gasteiger partial charge in [-0.05, 0) is 31.2 Å². The predicted molar refractivity (Wildman–Crippen MR) is 121 cm³/mol. The molecule has 0 spiro atoms. The van der Waals surface area contributed by atoms with Crippen LogP contribution in [0.3, 0.4) is 0 Å². The SMILES string of the molecule is Cc1ccc2c(c1)c(=O)n(C)c1nnc(COC(=O)CSc3cnc4ccccc4n3)n21. The van der Waals surface area contributed by atoms with Gasteiger partial charge in [0.05, 0.1) is 33.9 Å². The fourth-order valence-corrected chi connectivity index (χ4v) is 4.12. The molecule has 3 heterocycles. The minimum Gasteiger partial charge on any atom is -0.457 e. The molecule has 0 saturated heterocycles. The summed E-state index contributed by atoms with van der Waals surface area (Å²) in [5, 5.41) is 9.45. The molecule has 0 saturated carbocycles. The van der Waals surface area contributed by atoms with Crippen LogP contribution >= 0.6 is 11.8 Å². The van der Waals surface area contributed by atoms with Gasteiger partial charge < -0.3 is 4.74 Å². The van der Waals surface area contributed by atoms with Gasteiger partial charge in [-0.15, -0.1) is 10.2 Å². The van der Waals surface area contributed by atoms with Crippen molar-refractivity contribution in [2.45, 2.75) is 18.6 Å². The summed E-state index contributed by atoms with van der Waals surface area (Å²) in [6.07, 6.45) is 1.64. The summed E-state index contributed by atoms with van der Waals surface area (Å²) >= 11 is 1.26. The Balaban J connectivity index is 1.34. The maximum atomic E-state index is 12.7. The van der Waals surface area contributed by atoms with Gasteiger partial charge in [0.15, 0.2) is 12.4 Å². The van der Waals surface area contributed by atoms with Crippen LogP contribution in [0.15, 0.2) is 58.5 Å². The molecule has 0 aliphatic carbocycles. The van der Waals surface area contributed by atoms with E-state index in [0.29, 0.717) is 27.5 Å². The van der Waals surface area contributed by atoms with Gasteiger partial charge in [0.1, 0.15) is 5.03 Å². The molecule has 0 radical (unpaired) electrons. The topological polar surface area (TPSA) is 104 Å². The van der Waals surface area contributed by atoms with Gasteiger partial charge >= 0.3 is 5.97 Å². The van der Waals surface area contributed by atoms with Crippen molar-refractivity contribution in [2.75, 3.05) is 5.75 Å². The zero-order chi connectivity index (χ0) is 22.2. The van der Waals surface area contributed by atoms with Gasteiger partial charge in [-0.3, -0.25) is 23.5 Å². The molecule has 0 N–H and O–H groups in total. The highest BCUT2D eigenvalue weighted by Crippen LogP contribution is 2.19. The van der Waals surface area contributed by atoms with E-state index in [1.807, 2.05) is 49.4 Å². The number of nitrogens with zero attached hydrogens (tertiary/aromatic N) is 6. The molecule has 3 aromatic heterocycles. The van der Waals surface area contributed by atoms with E-state index >= 15 is 0 Å². The van der Waals surface area contributed by atoms with Crippen molar-refractivity contribution in [3.05, 3.63) is 70.4 Å². The first-order valence-corrected chi connectivity index (χ1v) is 10.8. The highest BCUT2D eigenvalue weighted by atomic mass is 32.2. The van der Waals surface area contributed by atoms with Crippen LogP contribution in [0.2, 0.25) is 0 Å². The van der Waals surface area contributed by atoms with E-state index in [1.54, 1.807) is 17.6 Å². The van der Waals surface area contributed by atoms with Crippen LogP contribution < -0.4 is 5.56 Å². The normalized spacial score (nSPS) is 11.4. The number of fused-ring (bicyclic) bond motifs is 4. The van der Waals surface area contributed by atoms with Crippen molar-refractivity contribution in [2.24, 2.45) is 7.05 Å². The number of rotatable bonds is 5. The number of hydrogen-bond acceptors (Lipinski definition) is 8. The minimum atomic E-state index is -0.410. The van der Waals surface area contributed by atoms with Crippen molar-refractivity contribution in [1.29, 1.82) is 0 Å². The number of ether oxygens (including phenoxy) is 1. The van der Waals surface area contributed by atoms with Crippen LogP contribution in [0.1, 0.15) is 11.4 Å². The molecule has 0 atom stereocenters. The fraction of sp³-hybridized carbons (Fsp3) is 0.182. The second kappa shape index (κ2) is 8.04. The summed E-state index contributed by atoms with van der Waals surface area (Å²) in [4.78, 5) is 33.8. The summed E-state index contributed by atoms with van der Waals surface area (Å²) in [5.41, 5.74) is 3.07. The Morgan fingerprint density at radius 2 is 1.94 bits per heavy atom. The third-order valence-electron chi connectivity index (χ3n) is 5.07. The molecule has 5 aromatic rings. The second-order valence-corrected chi connectivity index (χ2v) is 8.28. The molecule has 0 unspecified atom stereocenters. The standard InChI is InChI=1S/C22H18N6O3S/c1-13-7-8-17-14(9-13)21(30)27(2)22-26-25-18(28(17)22)11-31-20(29)12-32-19-10-23-15-5-3-4-6-16(15)24-19/h3-10H,11-12H2,1-2H3. The Labute approximate surface area is 186 Å². The van der Waals surface area contributed by atoms with Crippen LogP contribution in [0.5, 0.6) is 0 Å². The molecule has 2 aromatic carbocycles. The Morgan fingerprint density at radius 1 is 1.12 bits per heavy atom. The Hall–Kier alpha value is -3.79. The molecule has 0 bridgehead atoms. The molecule has 5 rings (SSSR count). The minimum absolute atomic E-state index is 0.0643. The summed E-state index contributed by atoms with van der Waals surface area (Å²) < 4.78 is 8.61. The molecular formula is C22H18N6O3S. The van der Waals surface area contributed by atoms with Gasteiger partial charge in [0, 0.05) is 7.05 Å². The van der Waals surface area contributed by atoms with E-state index < -0.39 is 5.97 Å². The molecule has 9 nitrogen and oxygen atoms in total. The van der Waals surface area contributed by atoms with E-state index in [9.17, 15) is 9.59 Å². The zero-order valence-electron chi connectivity index (χ0n) is 17.3. The molecule has 0 fully saturated rings. The fourth-order valence-electron chi connectivity index (χ4n) is 3.48. The van der Waals surface area contributed by atoms with Crippen molar-refractivity contribution >= 4 is 45.4 Å². The largest absolute Gasteiger partial charge is 0.457 e. The number of carbonyl (C=O) groups is 1. The first-order chi connectivity index (χ1) is 15.5. The van der Waals surface area contributed by atoms with Gasteiger partial charge in [0.2, 0.25) is 5.78 Å². The summed E-state index contributed by atoms with van der Waals surface area (Å²) in [6, 6.07) is 13.1. The lowest BCUT2D eigenvalue weighted by Gasteiger charge is -2.09. The van der Waals surface area contributed by atoms with E-state index in [1.165, 1.54) is 16.3 Å². The van der Waals surface area contributed by atoms with E-state index in [-0.39, 0.29) is 17.9 Å². The second-order valence-electron chi connectivity index (χ2n) is 7.28. The third-order valence-corrected chi connectivity index (χ3v) is 5.94. The number of benzene rings is 2. The lowest BCUT2D eigenvalue weighted by molar-refractivity contribution is -0.141. The molecule has 160 valence electrons. The average molecular weight is 446 g/mol. The van der Waals surface area contributed by atoms with Gasteiger partial charge in [-0.25, -0.2) is 4.98 Å². The quantitative estimate of drug-likeness (QED) is 0.300. The molecule has 0 aliphatic heterocycles. The Kier molecular flexibility index (Phi) is 5.06. The van der Waals surface area contributed by atoms with Crippen LogP contribution in [-0.4, -0.2) is 40.9 Å². The maximum absolute atomic E-state index is 12.7. The molecular weight excluding hydrogens is 428 g/mol. The lowest BCUT2D eigenvalue weighted by Crippen LogP contribution is -2.20. The van der Waals surface area contributed by atoms with E-state index in [2.05, 4.69) is 20.2 Å². The van der Waals surface area contributed by atoms with Gasteiger partial charge in [-0.1, -0.05) is 35.5 Å². The summed E-state index contributed by atoms with van der Waals surface area (Å²) in [6.45, 7) is 1.86. The highest BCUT2D eigenvalue weighted by Gasteiger charge is 2.16. The van der Waals surface area contributed by atoms with Crippen molar-refractivity contribution < 1.29 is 9.53 Å². The number of esters is 1. The number of hydrogen-bond donors (Lipinski definition) is 0. The maximum Gasteiger partial charge on any atom is 0.316 e. The van der Waals surface area contributed by atoms with Crippen LogP contribution in [0.4, 0.5) is 0 Å². The first-order valence-electron chi connectivity index (χ1n) is 9.85. The smallest absolute Gasteiger partial charge is 0.316 e. The number of aromatic nitrogens is 6. The number of aryl methyl sites for hydroxylation is 2. The zero-order valence-corrected chi connectivity index (χ0v) is 18.2.